The molecule has 0 bridgehead atoms. The molecule has 4 aromatic heterocycles. The average molecular weight is 537 g/mol. The molecule has 6 aromatic rings. The molecule has 1 aliphatic heterocycles. The lowest BCUT2D eigenvalue weighted by Crippen LogP contribution is -2.31. The van der Waals surface area contributed by atoms with Crippen molar-refractivity contribution < 1.29 is 4.39 Å². The summed E-state index contributed by atoms with van der Waals surface area (Å²) in [5.41, 5.74) is 2.09. The maximum atomic E-state index is 15.1. The Bertz CT molecular complexity index is 1950. The largest absolute Gasteiger partial charge is 0.368 e. The van der Waals surface area contributed by atoms with E-state index in [2.05, 4.69) is 35.1 Å². The first kappa shape index (κ1) is 24.1. The third-order valence-corrected chi connectivity index (χ3v) is 7.36. The highest BCUT2D eigenvalue weighted by molar-refractivity contribution is 5.95. The van der Waals surface area contributed by atoms with Crippen LogP contribution in [0.2, 0.25) is 0 Å². The molecule has 1 fully saturated rings. The molecule has 11 nitrogen and oxygen atoms in total. The van der Waals surface area contributed by atoms with Crippen molar-refractivity contribution in [1.29, 1.82) is 0 Å². The minimum absolute atomic E-state index is 0.208. The van der Waals surface area contributed by atoms with Gasteiger partial charge in [0.1, 0.15) is 11.2 Å². The predicted octanol–water partition coefficient (Wildman–Crippen LogP) is 3.39. The molecule has 1 aliphatic rings. The van der Waals surface area contributed by atoms with Crippen LogP contribution >= 0.6 is 0 Å². The Morgan fingerprint density at radius 2 is 1.82 bits per heavy atom. The van der Waals surface area contributed by atoms with Gasteiger partial charge in [-0.2, -0.15) is 9.50 Å². The number of rotatable bonds is 5. The van der Waals surface area contributed by atoms with E-state index in [1.165, 1.54) is 16.8 Å². The summed E-state index contributed by atoms with van der Waals surface area (Å²) in [7, 11) is 4.09. The topological polar surface area (TPSA) is 109 Å². The fourth-order valence-corrected chi connectivity index (χ4v) is 5.29. The highest BCUT2D eigenvalue weighted by Gasteiger charge is 2.26. The van der Waals surface area contributed by atoms with Crippen LogP contribution in [-0.2, 0) is 0 Å². The number of benzene rings is 2. The summed E-state index contributed by atoms with van der Waals surface area (Å²) in [5.74, 6) is 0.229. The number of nitrogens with zero attached hydrogens (tertiary/aromatic N) is 9. The van der Waals surface area contributed by atoms with Crippen molar-refractivity contribution >= 4 is 44.9 Å². The summed E-state index contributed by atoms with van der Waals surface area (Å²) < 4.78 is 18.2. The summed E-state index contributed by atoms with van der Waals surface area (Å²) in [5, 5.41) is 4.03. The van der Waals surface area contributed by atoms with E-state index >= 15 is 4.39 Å². The second kappa shape index (κ2) is 9.35. The molecule has 1 atom stereocenters. The maximum absolute atomic E-state index is 15.1. The molecule has 0 saturated carbocycles. The second-order valence-corrected chi connectivity index (χ2v) is 10.0. The first-order valence-corrected chi connectivity index (χ1v) is 12.9. The fraction of sp³-hybridized carbons (Fsp3) is 0.214. The van der Waals surface area contributed by atoms with Crippen molar-refractivity contribution in [3.05, 3.63) is 83.3 Å². The standard InChI is InChI=1S/C28H25FN10O/c1-36(2)18-10-13-37(16-18)23-9-8-17(14-21(23)29)33-27-32-15-20-24(35-27)34-25-19-6-3-4-7-22(19)38(39(25)26(20)40)28-30-11-5-12-31-28/h3-9,11-12,14-15,18H,10,13,16H2,1-2H3,(H,32,33,35). The van der Waals surface area contributed by atoms with Gasteiger partial charge in [-0.3, -0.25) is 4.79 Å². The molecular weight excluding hydrogens is 511 g/mol. The number of likely N-dealkylation sites (N-methyl/N-ethyl adjacent to an activating group) is 1. The monoisotopic (exact) mass is 536 g/mol. The maximum Gasteiger partial charge on any atom is 0.284 e. The summed E-state index contributed by atoms with van der Waals surface area (Å²) in [6.07, 6.45) is 5.65. The molecule has 12 heteroatoms. The number of para-hydroxylation sites is 1. The summed E-state index contributed by atoms with van der Waals surface area (Å²) in [6, 6.07) is 14.6. The average Bonchev–Trinajstić information content (AvgIpc) is 3.58. The highest BCUT2D eigenvalue weighted by atomic mass is 19.1. The molecule has 0 radical (unpaired) electrons. The minimum atomic E-state index is -0.354. The van der Waals surface area contributed by atoms with Gasteiger partial charge in [-0.05, 0) is 56.9 Å². The molecule has 2 aromatic carbocycles. The first-order chi connectivity index (χ1) is 19.5. The summed E-state index contributed by atoms with van der Waals surface area (Å²) in [6.45, 7) is 1.59. The lowest BCUT2D eigenvalue weighted by atomic mass is 10.2. The van der Waals surface area contributed by atoms with Crippen LogP contribution in [0.25, 0.3) is 33.5 Å². The van der Waals surface area contributed by atoms with Gasteiger partial charge in [0.2, 0.25) is 11.9 Å². The summed E-state index contributed by atoms with van der Waals surface area (Å²) >= 11 is 0. The van der Waals surface area contributed by atoms with E-state index in [9.17, 15) is 4.79 Å². The second-order valence-electron chi connectivity index (χ2n) is 10.0. The number of halogens is 1. The van der Waals surface area contributed by atoms with Crippen LogP contribution in [0.1, 0.15) is 6.42 Å². The lowest BCUT2D eigenvalue weighted by molar-refractivity contribution is 0.315. The van der Waals surface area contributed by atoms with Crippen LogP contribution in [0, 0.1) is 5.82 Å². The Hall–Kier alpha value is -4.97. The molecule has 1 N–H and O–H groups in total. The number of nitrogens with one attached hydrogen (secondary N) is 1. The van der Waals surface area contributed by atoms with Crippen molar-refractivity contribution in [3.8, 4) is 5.95 Å². The minimum Gasteiger partial charge on any atom is -0.368 e. The van der Waals surface area contributed by atoms with Gasteiger partial charge in [0.25, 0.3) is 5.56 Å². The lowest BCUT2D eigenvalue weighted by Gasteiger charge is -2.22. The van der Waals surface area contributed by atoms with Crippen molar-refractivity contribution in [2.24, 2.45) is 0 Å². The molecule has 40 heavy (non-hydrogen) atoms. The molecule has 200 valence electrons. The number of anilines is 3. The molecule has 1 unspecified atom stereocenters. The third kappa shape index (κ3) is 3.92. The Kier molecular flexibility index (Phi) is 5.63. The molecule has 7 rings (SSSR count). The van der Waals surface area contributed by atoms with Crippen LogP contribution < -0.4 is 15.8 Å². The third-order valence-electron chi connectivity index (χ3n) is 7.36. The number of hydrogen-bond acceptors (Lipinski definition) is 9. The fourth-order valence-electron chi connectivity index (χ4n) is 5.29. The normalized spacial score (nSPS) is 15.6. The highest BCUT2D eigenvalue weighted by Crippen LogP contribution is 2.28. The van der Waals surface area contributed by atoms with Crippen LogP contribution in [0.3, 0.4) is 0 Å². The smallest absolute Gasteiger partial charge is 0.284 e. The zero-order valence-corrected chi connectivity index (χ0v) is 21.9. The van der Waals surface area contributed by atoms with E-state index in [1.807, 2.05) is 38.4 Å². The number of fused-ring (bicyclic) bond motifs is 4. The van der Waals surface area contributed by atoms with Crippen molar-refractivity contribution in [1.82, 2.24) is 39.0 Å². The Balaban J connectivity index is 1.27. The van der Waals surface area contributed by atoms with Gasteiger partial charge < -0.3 is 15.1 Å². The van der Waals surface area contributed by atoms with Crippen molar-refractivity contribution in [2.45, 2.75) is 12.5 Å². The van der Waals surface area contributed by atoms with Crippen LogP contribution in [-0.4, -0.2) is 72.2 Å². The van der Waals surface area contributed by atoms with Gasteiger partial charge in [0.15, 0.2) is 11.3 Å². The van der Waals surface area contributed by atoms with E-state index < -0.39 is 0 Å². The molecule has 5 heterocycles. The molecular formula is C28H25FN10O. The van der Waals surface area contributed by atoms with E-state index in [0.29, 0.717) is 29.0 Å². The Labute approximate surface area is 227 Å². The van der Waals surface area contributed by atoms with Crippen LogP contribution in [0.4, 0.5) is 21.7 Å². The van der Waals surface area contributed by atoms with Gasteiger partial charge in [-0.15, -0.1) is 0 Å². The zero-order valence-electron chi connectivity index (χ0n) is 21.9. The van der Waals surface area contributed by atoms with Gasteiger partial charge in [-0.25, -0.2) is 29.0 Å². The summed E-state index contributed by atoms with van der Waals surface area (Å²) in [4.78, 5) is 40.2. The van der Waals surface area contributed by atoms with Gasteiger partial charge >= 0.3 is 0 Å². The molecule has 1 saturated heterocycles. The van der Waals surface area contributed by atoms with E-state index in [0.717, 1.165) is 30.4 Å². The van der Waals surface area contributed by atoms with E-state index in [-0.39, 0.29) is 28.4 Å². The predicted molar refractivity (Wildman–Crippen MR) is 151 cm³/mol. The molecule has 0 aliphatic carbocycles. The van der Waals surface area contributed by atoms with Gasteiger partial charge in [-0.1, -0.05) is 12.1 Å². The number of hydrogen-bond donors (Lipinski definition) is 1. The Morgan fingerprint density at radius 3 is 2.60 bits per heavy atom. The first-order valence-electron chi connectivity index (χ1n) is 12.9. The van der Waals surface area contributed by atoms with Gasteiger partial charge in [0.05, 0.1) is 11.2 Å². The SMILES string of the molecule is CN(C)C1CCN(c2ccc(Nc3ncc4c(=O)n5c(nc4n3)c3ccccc3n5-c3ncccn3)cc2F)C1. The van der Waals surface area contributed by atoms with E-state index in [1.54, 1.807) is 35.3 Å². The van der Waals surface area contributed by atoms with E-state index in [4.69, 9.17) is 4.98 Å². The Morgan fingerprint density at radius 1 is 1.00 bits per heavy atom. The van der Waals surface area contributed by atoms with Crippen molar-refractivity contribution in [2.75, 3.05) is 37.4 Å². The molecule has 0 amide bonds. The van der Waals surface area contributed by atoms with Crippen LogP contribution in [0.15, 0.2) is 71.9 Å². The van der Waals surface area contributed by atoms with Gasteiger partial charge in [0, 0.05) is 48.8 Å². The zero-order chi connectivity index (χ0) is 27.4. The number of aromatic nitrogens is 7. The van der Waals surface area contributed by atoms with Crippen LogP contribution in [0.5, 0.6) is 0 Å². The molecule has 0 spiro atoms. The quantitative estimate of drug-likeness (QED) is 0.355. The van der Waals surface area contributed by atoms with Crippen molar-refractivity contribution in [3.63, 3.8) is 0 Å².